The Labute approximate surface area is 91.1 Å². The fourth-order valence-electron chi connectivity index (χ4n) is 1.16. The van der Waals surface area contributed by atoms with Crippen LogP contribution in [0, 0.1) is 5.41 Å². The zero-order chi connectivity index (χ0) is 12.2. The molecule has 0 aliphatic rings. The average molecular weight is 215 g/mol. The van der Waals surface area contributed by atoms with Crippen LogP contribution in [0.25, 0.3) is 0 Å². The summed E-state index contributed by atoms with van der Waals surface area (Å²) >= 11 is 0. The Morgan fingerprint density at radius 3 is 2.27 bits per heavy atom. The number of nitrogens with zero attached hydrogens (tertiary/aromatic N) is 1. The Bertz CT molecular complexity index is 246. The standard InChI is InChI=1S/C10H21N3O2/c1-6-7(8(11)12)13(5)9(14)15-10(2,3)4/h7H,6H2,1-5H3,(H3,11,12). The lowest BCUT2D eigenvalue weighted by atomic mass is 10.2. The summed E-state index contributed by atoms with van der Waals surface area (Å²) in [6.07, 6.45) is 0.148. The molecule has 0 aromatic rings. The molecule has 3 N–H and O–H groups in total. The van der Waals surface area contributed by atoms with Crippen LogP contribution >= 0.6 is 0 Å². The van der Waals surface area contributed by atoms with Crippen LogP contribution in [0.4, 0.5) is 4.79 Å². The minimum Gasteiger partial charge on any atom is -0.444 e. The number of nitrogens with two attached hydrogens (primary N) is 1. The summed E-state index contributed by atoms with van der Waals surface area (Å²) in [6.45, 7) is 7.27. The lowest BCUT2D eigenvalue weighted by Crippen LogP contribution is -2.46. The van der Waals surface area contributed by atoms with E-state index < -0.39 is 11.7 Å². The van der Waals surface area contributed by atoms with Crippen LogP contribution in [0.3, 0.4) is 0 Å². The van der Waals surface area contributed by atoms with Crippen LogP contribution < -0.4 is 5.73 Å². The SMILES string of the molecule is CCC(C(=N)N)N(C)C(=O)OC(C)(C)C. The summed E-state index contributed by atoms with van der Waals surface area (Å²) in [4.78, 5) is 13.0. The van der Waals surface area contributed by atoms with Crippen LogP contribution in [0.1, 0.15) is 34.1 Å². The summed E-state index contributed by atoms with van der Waals surface area (Å²) in [5, 5.41) is 7.33. The molecule has 1 atom stereocenters. The number of ether oxygens (including phenoxy) is 1. The van der Waals surface area contributed by atoms with Crippen LogP contribution in [0.2, 0.25) is 0 Å². The lowest BCUT2D eigenvalue weighted by Gasteiger charge is -2.29. The van der Waals surface area contributed by atoms with Crippen LogP contribution in [0.5, 0.6) is 0 Å². The normalized spacial score (nSPS) is 13.1. The molecule has 5 heteroatoms. The molecule has 0 aliphatic heterocycles. The third kappa shape index (κ3) is 4.67. The molecule has 1 amide bonds. The van der Waals surface area contributed by atoms with E-state index in [9.17, 15) is 4.79 Å². The summed E-state index contributed by atoms with van der Waals surface area (Å²) in [7, 11) is 1.59. The van der Waals surface area contributed by atoms with Crippen molar-refractivity contribution in [1.82, 2.24) is 4.90 Å². The molecule has 88 valence electrons. The highest BCUT2D eigenvalue weighted by Crippen LogP contribution is 2.11. The van der Waals surface area contributed by atoms with Gasteiger partial charge in [-0.2, -0.15) is 0 Å². The van der Waals surface area contributed by atoms with Crippen LogP contribution in [-0.4, -0.2) is 35.5 Å². The third-order valence-electron chi connectivity index (χ3n) is 1.89. The van der Waals surface area contributed by atoms with Crippen molar-refractivity contribution in [1.29, 1.82) is 5.41 Å². The summed E-state index contributed by atoms with van der Waals surface area (Å²) in [6, 6.07) is -0.389. The van der Waals surface area contributed by atoms with E-state index in [0.717, 1.165) is 0 Å². The van der Waals surface area contributed by atoms with Gasteiger partial charge in [0.25, 0.3) is 0 Å². The molecular formula is C10H21N3O2. The Hall–Kier alpha value is -1.26. The molecule has 0 aromatic heterocycles. The topological polar surface area (TPSA) is 79.4 Å². The minimum absolute atomic E-state index is 0.0224. The monoisotopic (exact) mass is 215 g/mol. The van der Waals surface area contributed by atoms with Crippen molar-refractivity contribution in [2.75, 3.05) is 7.05 Å². The van der Waals surface area contributed by atoms with E-state index in [1.54, 1.807) is 27.8 Å². The van der Waals surface area contributed by atoms with Crippen LogP contribution in [-0.2, 0) is 4.74 Å². The van der Waals surface area contributed by atoms with E-state index in [1.165, 1.54) is 4.90 Å². The van der Waals surface area contributed by atoms with E-state index in [4.69, 9.17) is 15.9 Å². The van der Waals surface area contributed by atoms with Crippen molar-refractivity contribution in [2.45, 2.75) is 45.8 Å². The summed E-state index contributed by atoms with van der Waals surface area (Å²) < 4.78 is 5.17. The zero-order valence-corrected chi connectivity index (χ0v) is 10.1. The molecule has 0 rings (SSSR count). The van der Waals surface area contributed by atoms with Gasteiger partial charge in [-0.3, -0.25) is 5.41 Å². The van der Waals surface area contributed by atoms with Gasteiger partial charge in [0.2, 0.25) is 0 Å². The molecule has 0 bridgehead atoms. The van der Waals surface area contributed by atoms with Gasteiger partial charge < -0.3 is 15.4 Å². The molecule has 0 heterocycles. The quantitative estimate of drug-likeness (QED) is 0.554. The van der Waals surface area contributed by atoms with Crippen molar-refractivity contribution in [3.05, 3.63) is 0 Å². The van der Waals surface area contributed by atoms with Gasteiger partial charge >= 0.3 is 6.09 Å². The first kappa shape index (κ1) is 13.7. The number of rotatable bonds is 3. The molecule has 0 saturated carbocycles. The van der Waals surface area contributed by atoms with Gasteiger partial charge in [0.1, 0.15) is 11.4 Å². The molecular weight excluding hydrogens is 194 g/mol. The second-order valence-electron chi connectivity index (χ2n) is 4.47. The fraction of sp³-hybridized carbons (Fsp3) is 0.800. The maximum absolute atomic E-state index is 11.6. The molecule has 1 unspecified atom stereocenters. The van der Waals surface area contributed by atoms with Gasteiger partial charge in [-0.05, 0) is 27.2 Å². The first-order valence-corrected chi connectivity index (χ1v) is 4.98. The van der Waals surface area contributed by atoms with E-state index in [-0.39, 0.29) is 11.9 Å². The molecule has 15 heavy (non-hydrogen) atoms. The maximum Gasteiger partial charge on any atom is 0.410 e. The largest absolute Gasteiger partial charge is 0.444 e. The van der Waals surface area contributed by atoms with Gasteiger partial charge in [-0.15, -0.1) is 0 Å². The van der Waals surface area contributed by atoms with Crippen LogP contribution in [0.15, 0.2) is 0 Å². The number of carbonyl (C=O) groups excluding carboxylic acids is 1. The minimum atomic E-state index is -0.527. The Kier molecular flexibility index (Phi) is 4.58. The predicted octanol–water partition coefficient (Wildman–Crippen LogP) is 1.57. The predicted molar refractivity (Wildman–Crippen MR) is 60.0 cm³/mol. The highest BCUT2D eigenvalue weighted by molar-refractivity contribution is 5.86. The molecule has 0 radical (unpaired) electrons. The van der Waals surface area contributed by atoms with Gasteiger partial charge in [-0.25, -0.2) is 4.79 Å². The van der Waals surface area contributed by atoms with Crippen molar-refractivity contribution in [3.63, 3.8) is 0 Å². The van der Waals surface area contributed by atoms with Crippen molar-refractivity contribution in [2.24, 2.45) is 5.73 Å². The highest BCUT2D eigenvalue weighted by atomic mass is 16.6. The first-order valence-electron chi connectivity index (χ1n) is 4.98. The Balaban J connectivity index is 4.49. The number of hydrogen-bond acceptors (Lipinski definition) is 3. The van der Waals surface area contributed by atoms with Crippen molar-refractivity contribution >= 4 is 11.9 Å². The molecule has 0 aromatic carbocycles. The number of nitrogens with one attached hydrogen (secondary N) is 1. The number of amides is 1. The summed E-state index contributed by atoms with van der Waals surface area (Å²) in [5.74, 6) is -0.0224. The number of hydrogen-bond donors (Lipinski definition) is 2. The number of carbonyl (C=O) groups is 1. The van der Waals surface area contributed by atoms with Gasteiger partial charge in [0.15, 0.2) is 0 Å². The smallest absolute Gasteiger partial charge is 0.410 e. The Morgan fingerprint density at radius 1 is 1.53 bits per heavy atom. The lowest BCUT2D eigenvalue weighted by molar-refractivity contribution is 0.0263. The van der Waals surface area contributed by atoms with E-state index in [1.807, 2.05) is 6.92 Å². The zero-order valence-electron chi connectivity index (χ0n) is 10.1. The molecule has 0 spiro atoms. The van der Waals surface area contributed by atoms with Gasteiger partial charge in [-0.1, -0.05) is 6.92 Å². The average Bonchev–Trinajstić information content (AvgIpc) is 2.01. The molecule has 0 saturated heterocycles. The molecule has 0 aliphatic carbocycles. The number of amidine groups is 1. The van der Waals surface area contributed by atoms with E-state index in [2.05, 4.69) is 0 Å². The van der Waals surface area contributed by atoms with Crippen molar-refractivity contribution in [3.8, 4) is 0 Å². The second kappa shape index (κ2) is 5.00. The summed E-state index contributed by atoms with van der Waals surface area (Å²) in [5.41, 5.74) is 4.86. The molecule has 5 nitrogen and oxygen atoms in total. The third-order valence-corrected chi connectivity index (χ3v) is 1.89. The molecule has 0 fully saturated rings. The van der Waals surface area contributed by atoms with Gasteiger partial charge in [0, 0.05) is 7.05 Å². The second-order valence-corrected chi connectivity index (χ2v) is 4.47. The van der Waals surface area contributed by atoms with Gasteiger partial charge in [0.05, 0.1) is 6.04 Å². The Morgan fingerprint density at radius 2 is 2.00 bits per heavy atom. The van der Waals surface area contributed by atoms with E-state index >= 15 is 0 Å². The highest BCUT2D eigenvalue weighted by Gasteiger charge is 2.25. The first-order chi connectivity index (χ1) is 6.69. The fourth-order valence-corrected chi connectivity index (χ4v) is 1.16. The maximum atomic E-state index is 11.6. The number of likely N-dealkylation sites (N-methyl/N-ethyl adjacent to an activating group) is 1. The van der Waals surface area contributed by atoms with E-state index in [0.29, 0.717) is 6.42 Å². The van der Waals surface area contributed by atoms with Crippen molar-refractivity contribution < 1.29 is 9.53 Å².